The molecule has 0 aliphatic heterocycles. The summed E-state index contributed by atoms with van der Waals surface area (Å²) < 4.78 is 10.6. The second-order valence-corrected chi connectivity index (χ2v) is 6.04. The van der Waals surface area contributed by atoms with Crippen LogP contribution in [0.5, 0.6) is 0 Å². The van der Waals surface area contributed by atoms with Crippen LogP contribution < -0.4 is 0 Å². The molecule has 1 aliphatic carbocycles. The van der Waals surface area contributed by atoms with Gasteiger partial charge in [0, 0.05) is 6.61 Å². The van der Waals surface area contributed by atoms with Gasteiger partial charge in [-0.25, -0.2) is 0 Å². The quantitative estimate of drug-likeness (QED) is 0.387. The molecule has 1 rings (SSSR count). The maximum atomic E-state index is 9.49. The minimum Gasteiger partial charge on any atom is -0.389 e. The SMILES string of the molecule is C=C(C)[C@@H]1CC=C(C)[C@@H](O)C1.CCC=CCCOC(C)OCC. The Kier molecular flexibility index (Phi) is 13.0. The smallest absolute Gasteiger partial charge is 0.154 e. The molecule has 0 saturated carbocycles. The van der Waals surface area contributed by atoms with Gasteiger partial charge < -0.3 is 14.6 Å². The molecule has 0 aromatic rings. The Morgan fingerprint density at radius 2 is 2.09 bits per heavy atom. The molecule has 0 amide bonds. The van der Waals surface area contributed by atoms with Gasteiger partial charge in [0.2, 0.25) is 0 Å². The minimum atomic E-state index is -0.231. The van der Waals surface area contributed by atoms with Crippen molar-refractivity contribution in [1.29, 1.82) is 0 Å². The average molecular weight is 325 g/mol. The van der Waals surface area contributed by atoms with E-state index in [1.807, 2.05) is 27.7 Å². The summed E-state index contributed by atoms with van der Waals surface area (Å²) >= 11 is 0. The fraction of sp³-hybridized carbons (Fsp3) is 0.700. The third-order valence-electron chi connectivity index (χ3n) is 3.90. The topological polar surface area (TPSA) is 38.7 Å². The summed E-state index contributed by atoms with van der Waals surface area (Å²) in [7, 11) is 0. The summed E-state index contributed by atoms with van der Waals surface area (Å²) in [6.07, 6.45) is 10.1. The van der Waals surface area contributed by atoms with Crippen molar-refractivity contribution in [3.05, 3.63) is 36.0 Å². The van der Waals surface area contributed by atoms with Gasteiger partial charge in [0.05, 0.1) is 12.7 Å². The van der Waals surface area contributed by atoms with Crippen molar-refractivity contribution in [3.8, 4) is 0 Å². The van der Waals surface area contributed by atoms with Crippen LogP contribution >= 0.6 is 0 Å². The highest BCUT2D eigenvalue weighted by Gasteiger charge is 2.19. The van der Waals surface area contributed by atoms with E-state index in [0.29, 0.717) is 12.5 Å². The first-order chi connectivity index (χ1) is 10.9. The maximum Gasteiger partial charge on any atom is 0.154 e. The fourth-order valence-electron chi connectivity index (χ4n) is 2.29. The van der Waals surface area contributed by atoms with Gasteiger partial charge in [0.15, 0.2) is 6.29 Å². The van der Waals surface area contributed by atoms with E-state index in [0.717, 1.165) is 37.9 Å². The number of hydrogen-bond acceptors (Lipinski definition) is 3. The highest BCUT2D eigenvalue weighted by Crippen LogP contribution is 2.27. The van der Waals surface area contributed by atoms with Crippen LogP contribution in [0.25, 0.3) is 0 Å². The first-order valence-corrected chi connectivity index (χ1v) is 8.80. The molecule has 3 atom stereocenters. The molecule has 1 unspecified atom stereocenters. The number of hydrogen-bond donors (Lipinski definition) is 1. The van der Waals surface area contributed by atoms with Gasteiger partial charge in [-0.2, -0.15) is 0 Å². The summed E-state index contributed by atoms with van der Waals surface area (Å²) in [5.41, 5.74) is 2.30. The third-order valence-corrected chi connectivity index (χ3v) is 3.90. The second-order valence-electron chi connectivity index (χ2n) is 6.04. The van der Waals surface area contributed by atoms with Crippen LogP contribution in [0.1, 0.15) is 60.3 Å². The molecule has 3 heteroatoms. The van der Waals surface area contributed by atoms with E-state index in [2.05, 4.69) is 31.7 Å². The maximum absolute atomic E-state index is 9.49. The molecule has 0 aromatic heterocycles. The van der Waals surface area contributed by atoms with Crippen LogP contribution in [0.2, 0.25) is 0 Å². The first kappa shape index (κ1) is 22.1. The van der Waals surface area contributed by atoms with E-state index in [1.54, 1.807) is 0 Å². The van der Waals surface area contributed by atoms with Crippen LogP contribution in [0.15, 0.2) is 36.0 Å². The van der Waals surface area contributed by atoms with E-state index in [9.17, 15) is 5.11 Å². The number of rotatable bonds is 8. The van der Waals surface area contributed by atoms with Gasteiger partial charge in [-0.05, 0) is 64.9 Å². The van der Waals surface area contributed by atoms with E-state index in [1.165, 1.54) is 5.57 Å². The Bertz CT molecular complexity index is 371. The zero-order valence-corrected chi connectivity index (χ0v) is 15.7. The zero-order valence-electron chi connectivity index (χ0n) is 15.7. The fourth-order valence-corrected chi connectivity index (χ4v) is 2.29. The highest BCUT2D eigenvalue weighted by molar-refractivity contribution is 5.14. The summed E-state index contributed by atoms with van der Waals surface area (Å²) in [5, 5.41) is 9.49. The van der Waals surface area contributed by atoms with Gasteiger partial charge >= 0.3 is 0 Å². The summed E-state index contributed by atoms with van der Waals surface area (Å²) in [6.45, 7) is 15.4. The number of allylic oxidation sites excluding steroid dienone is 3. The molecule has 0 saturated heterocycles. The lowest BCUT2D eigenvalue weighted by atomic mass is 9.84. The largest absolute Gasteiger partial charge is 0.389 e. The monoisotopic (exact) mass is 324 g/mol. The predicted molar refractivity (Wildman–Crippen MR) is 98.4 cm³/mol. The predicted octanol–water partition coefficient (Wildman–Crippen LogP) is 5.02. The lowest BCUT2D eigenvalue weighted by Crippen LogP contribution is -2.19. The van der Waals surface area contributed by atoms with Crippen molar-refractivity contribution in [2.24, 2.45) is 5.92 Å². The molecule has 0 bridgehead atoms. The molecule has 1 aliphatic rings. The van der Waals surface area contributed by atoms with E-state index >= 15 is 0 Å². The van der Waals surface area contributed by atoms with Crippen molar-refractivity contribution in [2.45, 2.75) is 72.7 Å². The standard InChI is InChI=1S/C10H20O2.C10H16O/c1-4-6-7-8-9-12-10(3)11-5-2;1-7(2)9-5-4-8(3)10(11)6-9/h6-7,10H,4-5,8-9H2,1-3H3;4,9-11H,1,5-6H2,2-3H3/t;9-,10+/m.1/s1. The normalized spacial score (nSPS) is 22.3. The molecule has 0 fully saturated rings. The number of ether oxygens (including phenoxy) is 2. The van der Waals surface area contributed by atoms with Crippen LogP contribution in [-0.2, 0) is 9.47 Å². The molecule has 0 aromatic carbocycles. The Morgan fingerprint density at radius 3 is 2.61 bits per heavy atom. The van der Waals surface area contributed by atoms with Crippen molar-refractivity contribution in [2.75, 3.05) is 13.2 Å². The van der Waals surface area contributed by atoms with Crippen LogP contribution in [-0.4, -0.2) is 30.7 Å². The third kappa shape index (κ3) is 11.3. The molecule has 0 spiro atoms. The molecular formula is C20H36O3. The Hall–Kier alpha value is -0.900. The molecule has 1 N–H and O–H groups in total. The van der Waals surface area contributed by atoms with E-state index < -0.39 is 0 Å². The first-order valence-electron chi connectivity index (χ1n) is 8.80. The molecule has 3 nitrogen and oxygen atoms in total. The summed E-state index contributed by atoms with van der Waals surface area (Å²) in [5.74, 6) is 0.494. The zero-order chi connectivity index (χ0) is 17.7. The van der Waals surface area contributed by atoms with Crippen molar-refractivity contribution >= 4 is 0 Å². The van der Waals surface area contributed by atoms with Crippen molar-refractivity contribution in [1.82, 2.24) is 0 Å². The van der Waals surface area contributed by atoms with Crippen LogP contribution in [0, 0.1) is 5.92 Å². The second kappa shape index (κ2) is 13.5. The highest BCUT2D eigenvalue weighted by atomic mass is 16.7. The summed E-state index contributed by atoms with van der Waals surface area (Å²) in [6, 6.07) is 0. The number of aliphatic hydroxyl groups excluding tert-OH is 1. The average Bonchev–Trinajstić information content (AvgIpc) is 2.50. The van der Waals surface area contributed by atoms with Crippen LogP contribution in [0.3, 0.4) is 0 Å². The Labute approximate surface area is 143 Å². The molecule has 0 heterocycles. The van der Waals surface area contributed by atoms with Gasteiger partial charge in [-0.15, -0.1) is 0 Å². The van der Waals surface area contributed by atoms with E-state index in [-0.39, 0.29) is 12.4 Å². The van der Waals surface area contributed by atoms with Crippen LogP contribution in [0.4, 0.5) is 0 Å². The lowest BCUT2D eigenvalue weighted by Gasteiger charge is -2.24. The molecule has 23 heavy (non-hydrogen) atoms. The molecule has 0 radical (unpaired) electrons. The number of aliphatic hydroxyl groups is 1. The van der Waals surface area contributed by atoms with Crippen molar-refractivity contribution < 1.29 is 14.6 Å². The Morgan fingerprint density at radius 1 is 1.39 bits per heavy atom. The molecule has 134 valence electrons. The van der Waals surface area contributed by atoms with E-state index in [4.69, 9.17) is 9.47 Å². The van der Waals surface area contributed by atoms with Gasteiger partial charge in [0.25, 0.3) is 0 Å². The van der Waals surface area contributed by atoms with Gasteiger partial charge in [0.1, 0.15) is 0 Å². The van der Waals surface area contributed by atoms with Gasteiger partial charge in [-0.3, -0.25) is 0 Å². The summed E-state index contributed by atoms with van der Waals surface area (Å²) in [4.78, 5) is 0. The lowest BCUT2D eigenvalue weighted by molar-refractivity contribution is -0.125. The Balaban J connectivity index is 0.000000422. The van der Waals surface area contributed by atoms with Gasteiger partial charge in [-0.1, -0.05) is 37.3 Å². The molecular weight excluding hydrogens is 288 g/mol. The van der Waals surface area contributed by atoms with Crippen molar-refractivity contribution in [3.63, 3.8) is 0 Å². The minimum absolute atomic E-state index is 0.0648.